The lowest BCUT2D eigenvalue weighted by molar-refractivity contribution is -0.122. The number of nitrogens with two attached hydrogens (primary N) is 2. The van der Waals surface area contributed by atoms with Gasteiger partial charge in [-0.05, 0) is 31.0 Å². The number of rotatable bonds is 21. The third-order valence-electron chi connectivity index (χ3n) is 7.71. The maximum absolute atomic E-state index is 12.2. The molecular formula is C31H46N10O6. The highest BCUT2D eigenvalue weighted by Gasteiger charge is 2.18. The second kappa shape index (κ2) is 18.4. The Balaban J connectivity index is 0.885. The van der Waals surface area contributed by atoms with E-state index in [2.05, 4.69) is 30.5 Å². The summed E-state index contributed by atoms with van der Waals surface area (Å²) in [5.74, 6) is 0.297. The number of anilines is 2. The highest BCUT2D eigenvalue weighted by molar-refractivity contribution is 5.99. The zero-order valence-electron chi connectivity index (χ0n) is 26.8. The van der Waals surface area contributed by atoms with E-state index in [1.807, 2.05) is 16.8 Å². The summed E-state index contributed by atoms with van der Waals surface area (Å²) in [4.78, 5) is 27.4. The number of nitrogens with one attached hydrogen (secondary N) is 2. The summed E-state index contributed by atoms with van der Waals surface area (Å²) in [5, 5.41) is 11.8. The Hall–Kier alpha value is -3.93. The van der Waals surface area contributed by atoms with Crippen molar-refractivity contribution in [1.82, 2.24) is 40.3 Å². The number of aryl methyl sites for hydroxylation is 1. The van der Waals surface area contributed by atoms with Crippen molar-refractivity contribution in [3.63, 3.8) is 0 Å². The number of nitrogens with zero attached hydrogens (tertiary/aromatic N) is 6. The van der Waals surface area contributed by atoms with Gasteiger partial charge in [-0.1, -0.05) is 0 Å². The van der Waals surface area contributed by atoms with Gasteiger partial charge < -0.3 is 45.5 Å². The summed E-state index contributed by atoms with van der Waals surface area (Å²) in [7, 11) is 0. The Bertz CT molecular complexity index is 1540. The van der Waals surface area contributed by atoms with Gasteiger partial charge in [-0.3, -0.25) is 9.69 Å². The molecule has 256 valence electrons. The van der Waals surface area contributed by atoms with E-state index in [0.29, 0.717) is 99.4 Å². The van der Waals surface area contributed by atoms with Crippen molar-refractivity contribution >= 4 is 39.9 Å². The van der Waals surface area contributed by atoms with Gasteiger partial charge in [-0.25, -0.2) is 14.6 Å². The first-order valence-electron chi connectivity index (χ1n) is 16.2. The number of hydrogen-bond acceptors (Lipinski definition) is 14. The number of fused-ring (bicyclic) bond motifs is 2. The minimum atomic E-state index is -0.0503. The normalized spacial score (nSPS) is 14.0. The third kappa shape index (κ3) is 10.5. The van der Waals surface area contributed by atoms with Crippen molar-refractivity contribution in [1.29, 1.82) is 0 Å². The van der Waals surface area contributed by atoms with Crippen LogP contribution in [0.1, 0.15) is 19.3 Å². The van der Waals surface area contributed by atoms with Crippen LogP contribution in [0.25, 0.3) is 33.4 Å². The van der Waals surface area contributed by atoms with Crippen LogP contribution in [0.3, 0.4) is 0 Å². The molecule has 4 heterocycles. The molecule has 0 spiro atoms. The average Bonchev–Trinajstić information content (AvgIpc) is 3.65. The van der Waals surface area contributed by atoms with E-state index < -0.39 is 0 Å². The molecule has 1 amide bonds. The summed E-state index contributed by atoms with van der Waals surface area (Å²) in [6.07, 6.45) is 3.27. The number of ether oxygens (including phenoxy) is 4. The third-order valence-corrected chi connectivity index (χ3v) is 7.71. The molecular weight excluding hydrogens is 608 g/mol. The number of benzene rings is 1. The molecule has 0 bridgehead atoms. The van der Waals surface area contributed by atoms with E-state index in [4.69, 9.17) is 39.9 Å². The molecule has 0 atom stereocenters. The molecule has 5 rings (SSSR count). The van der Waals surface area contributed by atoms with Gasteiger partial charge in [0.1, 0.15) is 23.4 Å². The second-order valence-corrected chi connectivity index (χ2v) is 11.1. The Labute approximate surface area is 273 Å². The van der Waals surface area contributed by atoms with Gasteiger partial charge in [0, 0.05) is 57.8 Å². The molecule has 0 unspecified atom stereocenters. The first kappa shape index (κ1) is 34.4. The van der Waals surface area contributed by atoms with Crippen LogP contribution in [0.4, 0.5) is 11.8 Å². The number of amides is 1. The first-order chi connectivity index (χ1) is 23.1. The molecule has 47 heavy (non-hydrogen) atoms. The first-order valence-corrected chi connectivity index (χ1v) is 16.2. The van der Waals surface area contributed by atoms with E-state index in [0.717, 1.165) is 57.7 Å². The van der Waals surface area contributed by atoms with Gasteiger partial charge in [-0.15, -0.1) is 0 Å². The predicted octanol–water partition coefficient (Wildman–Crippen LogP) is 1.06. The van der Waals surface area contributed by atoms with Crippen LogP contribution < -0.4 is 22.1 Å². The number of piperazine rings is 1. The zero-order valence-corrected chi connectivity index (χ0v) is 26.8. The Morgan fingerprint density at radius 2 is 1.64 bits per heavy atom. The molecule has 6 N–H and O–H groups in total. The summed E-state index contributed by atoms with van der Waals surface area (Å²) in [5.41, 5.74) is 15.3. The molecule has 4 aromatic rings. The highest BCUT2D eigenvalue weighted by atomic mass is 16.6. The standard InChI is InChI=1S/C31H46N10O6/c32-29-27-28(23-3-4-25-24(21-23)38-31(33)47-25)39-41(30(27)37-22-36-29)9-2-1-6-35-26(42)5-13-43-15-17-45-19-20-46-18-16-44-14-12-40-10-7-34-8-11-40/h3-4,21-22,34H,1-2,5-20H2,(H2,33,38)(H,35,42)(H2,32,36,37). The minimum Gasteiger partial charge on any atom is -0.424 e. The molecule has 1 fully saturated rings. The smallest absolute Gasteiger partial charge is 0.292 e. The maximum atomic E-state index is 12.2. The summed E-state index contributed by atoms with van der Waals surface area (Å²) in [6.45, 7) is 10.5. The summed E-state index contributed by atoms with van der Waals surface area (Å²) >= 11 is 0. The number of aromatic nitrogens is 5. The van der Waals surface area contributed by atoms with Crippen LogP contribution >= 0.6 is 0 Å². The summed E-state index contributed by atoms with van der Waals surface area (Å²) < 4.78 is 29.4. The number of carbonyl (C=O) groups excluding carboxylic acids is 1. The van der Waals surface area contributed by atoms with E-state index >= 15 is 0 Å². The fourth-order valence-corrected chi connectivity index (χ4v) is 5.24. The van der Waals surface area contributed by atoms with Gasteiger partial charge in [0.2, 0.25) is 5.91 Å². The second-order valence-electron chi connectivity index (χ2n) is 11.1. The van der Waals surface area contributed by atoms with Crippen LogP contribution in [0.15, 0.2) is 28.9 Å². The molecule has 16 heteroatoms. The molecule has 3 aromatic heterocycles. The van der Waals surface area contributed by atoms with Gasteiger partial charge in [0.25, 0.3) is 6.01 Å². The van der Waals surface area contributed by atoms with Crippen LogP contribution in [-0.2, 0) is 30.3 Å². The highest BCUT2D eigenvalue weighted by Crippen LogP contribution is 2.32. The number of carbonyl (C=O) groups is 1. The van der Waals surface area contributed by atoms with Crippen molar-refractivity contribution in [3.05, 3.63) is 24.5 Å². The van der Waals surface area contributed by atoms with Crippen LogP contribution in [0, 0.1) is 0 Å². The summed E-state index contributed by atoms with van der Waals surface area (Å²) in [6, 6.07) is 5.63. The molecule has 1 aromatic carbocycles. The lowest BCUT2D eigenvalue weighted by atomic mass is 10.1. The van der Waals surface area contributed by atoms with Crippen molar-refractivity contribution in [2.45, 2.75) is 25.8 Å². The van der Waals surface area contributed by atoms with Crippen molar-refractivity contribution in [3.8, 4) is 11.3 Å². The lowest BCUT2D eigenvalue weighted by Gasteiger charge is -2.26. The number of unbranched alkanes of at least 4 members (excludes halogenated alkanes) is 1. The molecule has 0 aliphatic carbocycles. The fourth-order valence-electron chi connectivity index (χ4n) is 5.24. The predicted molar refractivity (Wildman–Crippen MR) is 177 cm³/mol. The average molecular weight is 655 g/mol. The number of hydrogen-bond donors (Lipinski definition) is 4. The molecule has 0 saturated carbocycles. The molecule has 16 nitrogen and oxygen atoms in total. The topological polar surface area (TPSA) is 203 Å². The van der Waals surface area contributed by atoms with Crippen LogP contribution in [-0.4, -0.2) is 128 Å². The Kier molecular flexibility index (Phi) is 13.5. The van der Waals surface area contributed by atoms with E-state index in [9.17, 15) is 4.79 Å². The molecule has 1 aliphatic rings. The lowest BCUT2D eigenvalue weighted by Crippen LogP contribution is -2.44. The Morgan fingerprint density at radius 3 is 2.40 bits per heavy atom. The quantitative estimate of drug-likeness (QED) is 0.0929. The van der Waals surface area contributed by atoms with Crippen LogP contribution in [0.2, 0.25) is 0 Å². The van der Waals surface area contributed by atoms with Crippen LogP contribution in [0.5, 0.6) is 0 Å². The SMILES string of the molecule is Nc1nc2cc(-c3nn(CCCCNC(=O)CCOCCOCCOCCOCCN4CCNCC4)c4ncnc(N)c34)ccc2o1. The number of oxazole rings is 1. The van der Waals surface area contributed by atoms with E-state index in [1.54, 1.807) is 6.07 Å². The maximum Gasteiger partial charge on any atom is 0.292 e. The van der Waals surface area contributed by atoms with E-state index in [1.165, 1.54) is 6.33 Å². The van der Waals surface area contributed by atoms with Crippen molar-refractivity contribution in [2.24, 2.45) is 0 Å². The largest absolute Gasteiger partial charge is 0.424 e. The van der Waals surface area contributed by atoms with Gasteiger partial charge >= 0.3 is 0 Å². The molecule has 1 aliphatic heterocycles. The number of nitrogen functional groups attached to an aromatic ring is 2. The van der Waals surface area contributed by atoms with Crippen molar-refractivity contribution < 1.29 is 28.2 Å². The van der Waals surface area contributed by atoms with Gasteiger partial charge in [0.05, 0.1) is 58.2 Å². The zero-order chi connectivity index (χ0) is 32.7. The fraction of sp³-hybridized carbons (Fsp3) is 0.581. The van der Waals surface area contributed by atoms with Gasteiger partial charge in [0.15, 0.2) is 11.2 Å². The van der Waals surface area contributed by atoms with Gasteiger partial charge in [-0.2, -0.15) is 10.1 Å². The minimum absolute atomic E-state index is 0.0503. The van der Waals surface area contributed by atoms with Crippen molar-refractivity contribution in [2.75, 3.05) is 104 Å². The Morgan fingerprint density at radius 1 is 0.915 bits per heavy atom. The molecule has 1 saturated heterocycles. The monoisotopic (exact) mass is 654 g/mol. The van der Waals surface area contributed by atoms with E-state index in [-0.39, 0.29) is 11.9 Å². The molecule has 0 radical (unpaired) electrons.